The van der Waals surface area contributed by atoms with Crippen molar-refractivity contribution < 1.29 is 9.90 Å². The van der Waals surface area contributed by atoms with Crippen LogP contribution in [0.25, 0.3) is 11.1 Å². The summed E-state index contributed by atoms with van der Waals surface area (Å²) in [6, 6.07) is 14.1. The highest BCUT2D eigenvalue weighted by Gasteiger charge is 2.19. The molecule has 1 N–H and O–H groups in total. The Morgan fingerprint density at radius 3 is 2.30 bits per heavy atom. The smallest absolute Gasteiger partial charge is 0.335 e. The monoisotopic (exact) mass is 266 g/mol. The molecule has 1 saturated carbocycles. The van der Waals surface area contributed by atoms with E-state index >= 15 is 0 Å². The lowest BCUT2D eigenvalue weighted by molar-refractivity contribution is 0.0697. The topological polar surface area (TPSA) is 37.3 Å². The number of hydrogen-bond donors (Lipinski definition) is 1. The van der Waals surface area contributed by atoms with Gasteiger partial charge in [0.05, 0.1) is 5.56 Å². The third-order valence-electron chi connectivity index (χ3n) is 4.14. The molecule has 0 heterocycles. The molecular formula is C18H18O2. The van der Waals surface area contributed by atoms with Crippen LogP contribution in [-0.4, -0.2) is 11.1 Å². The maximum atomic E-state index is 11.1. The summed E-state index contributed by atoms with van der Waals surface area (Å²) in [6.07, 6.45) is 3.94. The first kappa shape index (κ1) is 12.9. The largest absolute Gasteiger partial charge is 0.478 e. The fourth-order valence-corrected chi connectivity index (χ4v) is 2.76. The highest BCUT2D eigenvalue weighted by atomic mass is 16.4. The molecule has 0 aliphatic heterocycles. The van der Waals surface area contributed by atoms with E-state index in [0.29, 0.717) is 5.56 Å². The first-order valence-corrected chi connectivity index (χ1v) is 7.09. The van der Waals surface area contributed by atoms with Gasteiger partial charge in [0.2, 0.25) is 0 Å². The summed E-state index contributed by atoms with van der Waals surface area (Å²) in [5.41, 5.74) is 4.79. The summed E-state index contributed by atoms with van der Waals surface area (Å²) in [6.45, 7) is 1.93. The average Bonchev–Trinajstić information content (AvgIpc) is 2.37. The van der Waals surface area contributed by atoms with Crippen molar-refractivity contribution in [3.63, 3.8) is 0 Å². The van der Waals surface area contributed by atoms with E-state index in [9.17, 15) is 4.79 Å². The maximum absolute atomic E-state index is 11.1. The van der Waals surface area contributed by atoms with E-state index in [0.717, 1.165) is 22.6 Å². The van der Waals surface area contributed by atoms with Crippen molar-refractivity contribution in [3.8, 4) is 11.1 Å². The van der Waals surface area contributed by atoms with Gasteiger partial charge in [-0.05, 0) is 60.1 Å². The second-order valence-corrected chi connectivity index (χ2v) is 5.64. The molecule has 1 fully saturated rings. The zero-order chi connectivity index (χ0) is 14.1. The van der Waals surface area contributed by atoms with Gasteiger partial charge in [-0.15, -0.1) is 0 Å². The number of carboxylic acid groups (broad SMARTS) is 1. The highest BCUT2D eigenvalue weighted by Crippen LogP contribution is 2.37. The van der Waals surface area contributed by atoms with Crippen LogP contribution in [0.4, 0.5) is 0 Å². The van der Waals surface area contributed by atoms with Gasteiger partial charge in [-0.2, -0.15) is 0 Å². The molecule has 1 aliphatic rings. The molecule has 2 nitrogen and oxygen atoms in total. The van der Waals surface area contributed by atoms with Crippen LogP contribution >= 0.6 is 0 Å². The Morgan fingerprint density at radius 1 is 1.05 bits per heavy atom. The third kappa shape index (κ3) is 2.46. The van der Waals surface area contributed by atoms with Crippen LogP contribution in [-0.2, 0) is 0 Å². The predicted molar refractivity (Wildman–Crippen MR) is 80.2 cm³/mol. The van der Waals surface area contributed by atoms with E-state index in [1.165, 1.54) is 24.8 Å². The zero-order valence-electron chi connectivity index (χ0n) is 11.6. The zero-order valence-corrected chi connectivity index (χ0v) is 11.6. The summed E-state index contributed by atoms with van der Waals surface area (Å²) in [7, 11) is 0. The number of carbonyl (C=O) groups is 1. The minimum Gasteiger partial charge on any atom is -0.478 e. The summed E-state index contributed by atoms with van der Waals surface area (Å²) < 4.78 is 0. The Bertz CT molecular complexity index is 637. The number of aryl methyl sites for hydroxylation is 1. The van der Waals surface area contributed by atoms with Gasteiger partial charge < -0.3 is 5.11 Å². The van der Waals surface area contributed by atoms with Crippen LogP contribution in [0.5, 0.6) is 0 Å². The van der Waals surface area contributed by atoms with Crippen LogP contribution in [0.3, 0.4) is 0 Å². The molecule has 0 aromatic heterocycles. The van der Waals surface area contributed by atoms with Crippen LogP contribution in [0, 0.1) is 6.92 Å². The molecule has 2 heteroatoms. The second-order valence-electron chi connectivity index (χ2n) is 5.64. The normalized spacial score (nSPS) is 14.8. The van der Waals surface area contributed by atoms with Crippen LogP contribution < -0.4 is 0 Å². The molecule has 0 atom stereocenters. The summed E-state index contributed by atoms with van der Waals surface area (Å²) in [5.74, 6) is -0.142. The molecule has 2 aromatic rings. The van der Waals surface area contributed by atoms with E-state index in [2.05, 4.69) is 24.3 Å². The van der Waals surface area contributed by atoms with E-state index < -0.39 is 5.97 Å². The fourth-order valence-electron chi connectivity index (χ4n) is 2.76. The van der Waals surface area contributed by atoms with Gasteiger partial charge in [-0.25, -0.2) is 4.79 Å². The second kappa shape index (κ2) is 5.12. The molecule has 102 valence electrons. The molecule has 1 aliphatic carbocycles. The number of carboxylic acids is 1. The van der Waals surface area contributed by atoms with Crippen molar-refractivity contribution in [3.05, 3.63) is 59.2 Å². The lowest BCUT2D eigenvalue weighted by Gasteiger charge is -2.25. The Kier molecular flexibility index (Phi) is 3.31. The van der Waals surface area contributed by atoms with Crippen LogP contribution in [0.2, 0.25) is 0 Å². The Morgan fingerprint density at radius 2 is 1.75 bits per heavy atom. The Labute approximate surface area is 119 Å². The van der Waals surface area contributed by atoms with Crippen LogP contribution in [0.15, 0.2) is 42.5 Å². The lowest BCUT2D eigenvalue weighted by atomic mass is 9.80. The Balaban J connectivity index is 1.93. The third-order valence-corrected chi connectivity index (χ3v) is 4.14. The lowest BCUT2D eigenvalue weighted by Crippen LogP contribution is -2.08. The van der Waals surface area contributed by atoms with Gasteiger partial charge in [-0.1, -0.05) is 36.8 Å². The van der Waals surface area contributed by atoms with Crippen molar-refractivity contribution in [2.24, 2.45) is 0 Å². The maximum Gasteiger partial charge on any atom is 0.335 e. The molecule has 0 unspecified atom stereocenters. The molecular weight excluding hydrogens is 248 g/mol. The van der Waals surface area contributed by atoms with E-state index in [1.807, 2.05) is 13.0 Å². The van der Waals surface area contributed by atoms with E-state index in [-0.39, 0.29) is 0 Å². The fraction of sp³-hybridized carbons (Fsp3) is 0.278. The SMILES string of the molecule is Cc1cc(C(=O)O)cc(-c2ccc(C3CCC3)cc2)c1. The average molecular weight is 266 g/mol. The van der Waals surface area contributed by atoms with Crippen molar-refractivity contribution >= 4 is 5.97 Å². The first-order chi connectivity index (χ1) is 9.63. The highest BCUT2D eigenvalue weighted by molar-refractivity contribution is 5.89. The predicted octanol–water partition coefficient (Wildman–Crippen LogP) is 4.63. The number of hydrogen-bond acceptors (Lipinski definition) is 1. The van der Waals surface area contributed by atoms with Gasteiger partial charge in [0, 0.05) is 0 Å². The quantitative estimate of drug-likeness (QED) is 0.879. The van der Waals surface area contributed by atoms with Crippen molar-refractivity contribution in [2.45, 2.75) is 32.1 Å². The molecule has 0 amide bonds. The van der Waals surface area contributed by atoms with E-state index in [1.54, 1.807) is 12.1 Å². The van der Waals surface area contributed by atoms with Crippen LogP contribution in [0.1, 0.15) is 46.7 Å². The molecule has 0 radical (unpaired) electrons. The number of benzene rings is 2. The Hall–Kier alpha value is -2.09. The van der Waals surface area contributed by atoms with Gasteiger partial charge in [0.25, 0.3) is 0 Å². The summed E-state index contributed by atoms with van der Waals surface area (Å²) in [4.78, 5) is 11.1. The summed E-state index contributed by atoms with van der Waals surface area (Å²) >= 11 is 0. The van der Waals surface area contributed by atoms with Gasteiger partial charge in [0.15, 0.2) is 0 Å². The van der Waals surface area contributed by atoms with Gasteiger partial charge >= 0.3 is 5.97 Å². The standard InChI is InChI=1S/C18H18O2/c1-12-9-16(11-17(10-12)18(19)20)15-7-5-14(6-8-15)13-3-2-4-13/h5-11,13H,2-4H2,1H3,(H,19,20). The molecule has 0 bridgehead atoms. The van der Waals surface area contributed by atoms with Crippen molar-refractivity contribution in [1.82, 2.24) is 0 Å². The van der Waals surface area contributed by atoms with Gasteiger partial charge in [-0.3, -0.25) is 0 Å². The molecule has 0 spiro atoms. The number of aromatic carboxylic acids is 1. The summed E-state index contributed by atoms with van der Waals surface area (Å²) in [5, 5.41) is 9.14. The molecule has 3 rings (SSSR count). The molecule has 0 saturated heterocycles. The van der Waals surface area contributed by atoms with E-state index in [4.69, 9.17) is 5.11 Å². The molecule has 2 aromatic carbocycles. The van der Waals surface area contributed by atoms with Crippen molar-refractivity contribution in [2.75, 3.05) is 0 Å². The first-order valence-electron chi connectivity index (χ1n) is 7.09. The molecule has 20 heavy (non-hydrogen) atoms. The van der Waals surface area contributed by atoms with Crippen molar-refractivity contribution in [1.29, 1.82) is 0 Å². The minimum absolute atomic E-state index is 0.350. The number of rotatable bonds is 3. The van der Waals surface area contributed by atoms with Gasteiger partial charge in [0.1, 0.15) is 0 Å². The minimum atomic E-state index is -0.874.